The summed E-state index contributed by atoms with van der Waals surface area (Å²) in [6, 6.07) is 0. The molecule has 2 aliphatic rings. The number of hydrogen-bond acceptors (Lipinski definition) is 1. The quantitative estimate of drug-likeness (QED) is 0.318. The molecule has 0 radical (unpaired) electrons. The Bertz CT molecular complexity index is 173. The largest absolute Gasteiger partial charge is 0.0937 e. The van der Waals surface area contributed by atoms with Crippen LogP contribution in [0.15, 0.2) is 5.11 Å². The van der Waals surface area contributed by atoms with E-state index in [0.29, 0.717) is 0 Å². The maximum absolute atomic E-state index is 8.06. The molecule has 0 unspecified atom stereocenters. The summed E-state index contributed by atoms with van der Waals surface area (Å²) in [4.78, 5) is 2.76. The summed E-state index contributed by atoms with van der Waals surface area (Å²) in [5.74, 6) is 2.75. The van der Waals surface area contributed by atoms with Gasteiger partial charge in [-0.05, 0) is 42.5 Å². The molecular formula is C7H11N3. The molecule has 3 heteroatoms. The van der Waals surface area contributed by atoms with Crippen LogP contribution in [0.25, 0.3) is 10.4 Å². The van der Waals surface area contributed by atoms with E-state index in [1.54, 1.807) is 0 Å². The lowest BCUT2D eigenvalue weighted by Gasteiger charge is -2.04. The molecule has 2 rings (SSSR count). The van der Waals surface area contributed by atoms with Crippen LogP contribution in [-0.2, 0) is 0 Å². The number of azide groups is 1. The van der Waals surface area contributed by atoms with E-state index in [4.69, 9.17) is 5.53 Å². The molecule has 0 bridgehead atoms. The van der Waals surface area contributed by atoms with Gasteiger partial charge in [-0.1, -0.05) is 5.11 Å². The standard InChI is InChI=1S/C7H11N3/c8-10-9-4-5-1-6-3-7(6)2-5/h5-7H,1-4H2/t6-,7-/m0/s1. The zero-order valence-corrected chi connectivity index (χ0v) is 5.90. The Morgan fingerprint density at radius 1 is 1.30 bits per heavy atom. The number of fused-ring (bicyclic) bond motifs is 1. The lowest BCUT2D eigenvalue weighted by molar-refractivity contribution is 0.498. The van der Waals surface area contributed by atoms with Gasteiger partial charge in [-0.3, -0.25) is 0 Å². The fourth-order valence-electron chi connectivity index (χ4n) is 2.14. The highest BCUT2D eigenvalue weighted by Crippen LogP contribution is 2.54. The molecule has 2 saturated carbocycles. The first-order chi connectivity index (χ1) is 4.90. The van der Waals surface area contributed by atoms with Crippen LogP contribution in [0.5, 0.6) is 0 Å². The average Bonchev–Trinajstić information content (AvgIpc) is 2.56. The van der Waals surface area contributed by atoms with Crippen molar-refractivity contribution in [1.82, 2.24) is 0 Å². The SMILES string of the molecule is [N-]=[N+]=NCC1C[C@H]2C[C@@H]2C1. The summed E-state index contributed by atoms with van der Waals surface area (Å²) >= 11 is 0. The minimum Gasteiger partial charge on any atom is -0.0937 e. The average molecular weight is 137 g/mol. The first kappa shape index (κ1) is 6.05. The molecular weight excluding hydrogens is 126 g/mol. The predicted octanol–water partition coefficient (Wildman–Crippen LogP) is 2.34. The normalized spacial score (nSPS) is 36.8. The summed E-state index contributed by atoms with van der Waals surface area (Å²) in [7, 11) is 0. The topological polar surface area (TPSA) is 48.8 Å². The third-order valence-corrected chi connectivity index (χ3v) is 2.74. The zero-order chi connectivity index (χ0) is 6.97. The molecule has 3 nitrogen and oxygen atoms in total. The molecule has 0 aromatic rings. The van der Waals surface area contributed by atoms with Gasteiger partial charge in [-0.2, -0.15) is 0 Å². The maximum Gasteiger partial charge on any atom is 0.0286 e. The zero-order valence-electron chi connectivity index (χ0n) is 5.90. The molecule has 0 aromatic heterocycles. The first-order valence-electron chi connectivity index (χ1n) is 3.91. The Morgan fingerprint density at radius 2 is 2.00 bits per heavy atom. The van der Waals surface area contributed by atoms with Gasteiger partial charge in [0.05, 0.1) is 0 Å². The summed E-state index contributed by atoms with van der Waals surface area (Å²) in [6.45, 7) is 0.740. The Morgan fingerprint density at radius 3 is 2.60 bits per heavy atom. The van der Waals surface area contributed by atoms with E-state index in [0.717, 1.165) is 24.3 Å². The summed E-state index contributed by atoms with van der Waals surface area (Å²) < 4.78 is 0. The predicted molar refractivity (Wildman–Crippen MR) is 38.3 cm³/mol. The molecule has 0 saturated heterocycles. The molecule has 0 aliphatic heterocycles. The van der Waals surface area contributed by atoms with Crippen molar-refractivity contribution in [3.63, 3.8) is 0 Å². The van der Waals surface area contributed by atoms with Crippen LogP contribution in [-0.4, -0.2) is 6.54 Å². The molecule has 0 spiro atoms. The van der Waals surface area contributed by atoms with E-state index in [1.807, 2.05) is 0 Å². The van der Waals surface area contributed by atoms with Gasteiger partial charge in [-0.15, -0.1) is 0 Å². The van der Waals surface area contributed by atoms with Crippen LogP contribution < -0.4 is 0 Å². The fourth-order valence-corrected chi connectivity index (χ4v) is 2.14. The van der Waals surface area contributed by atoms with Crippen molar-refractivity contribution in [2.75, 3.05) is 6.54 Å². The van der Waals surface area contributed by atoms with Gasteiger partial charge in [0.2, 0.25) is 0 Å². The fraction of sp³-hybridized carbons (Fsp3) is 1.00. The summed E-state index contributed by atoms with van der Waals surface area (Å²) in [6.07, 6.45) is 4.10. The highest BCUT2D eigenvalue weighted by Gasteiger charge is 2.45. The highest BCUT2D eigenvalue weighted by molar-refractivity contribution is 4.96. The first-order valence-corrected chi connectivity index (χ1v) is 3.91. The minimum atomic E-state index is 0.722. The second-order valence-corrected chi connectivity index (χ2v) is 3.51. The van der Waals surface area contributed by atoms with Gasteiger partial charge in [0, 0.05) is 11.5 Å². The molecule has 10 heavy (non-hydrogen) atoms. The Kier molecular flexibility index (Phi) is 1.31. The van der Waals surface area contributed by atoms with Gasteiger partial charge in [0.15, 0.2) is 0 Å². The maximum atomic E-state index is 8.06. The second-order valence-electron chi connectivity index (χ2n) is 3.51. The van der Waals surface area contributed by atoms with Crippen LogP contribution in [0.3, 0.4) is 0 Å². The third-order valence-electron chi connectivity index (χ3n) is 2.74. The Hall–Kier alpha value is -0.690. The van der Waals surface area contributed by atoms with E-state index in [-0.39, 0.29) is 0 Å². The van der Waals surface area contributed by atoms with Crippen LogP contribution in [0.4, 0.5) is 0 Å². The van der Waals surface area contributed by atoms with E-state index in [9.17, 15) is 0 Å². The lowest BCUT2D eigenvalue weighted by atomic mass is 10.0. The van der Waals surface area contributed by atoms with Crippen LogP contribution in [0.2, 0.25) is 0 Å². The Labute approximate surface area is 60.1 Å². The molecule has 0 N–H and O–H groups in total. The smallest absolute Gasteiger partial charge is 0.0286 e. The number of hydrogen-bond donors (Lipinski definition) is 0. The van der Waals surface area contributed by atoms with Crippen molar-refractivity contribution in [1.29, 1.82) is 0 Å². The molecule has 0 amide bonds. The van der Waals surface area contributed by atoms with Crippen LogP contribution >= 0.6 is 0 Å². The minimum absolute atomic E-state index is 0.722. The molecule has 2 fully saturated rings. The van der Waals surface area contributed by atoms with Crippen molar-refractivity contribution in [2.45, 2.75) is 19.3 Å². The van der Waals surface area contributed by atoms with Crippen LogP contribution in [0.1, 0.15) is 19.3 Å². The van der Waals surface area contributed by atoms with E-state index < -0.39 is 0 Å². The monoisotopic (exact) mass is 137 g/mol. The Balaban J connectivity index is 1.80. The van der Waals surface area contributed by atoms with Gasteiger partial charge in [0.25, 0.3) is 0 Å². The van der Waals surface area contributed by atoms with Gasteiger partial charge < -0.3 is 0 Å². The third kappa shape index (κ3) is 0.971. The highest BCUT2D eigenvalue weighted by atomic mass is 15.1. The van der Waals surface area contributed by atoms with Gasteiger partial charge >= 0.3 is 0 Å². The number of rotatable bonds is 2. The van der Waals surface area contributed by atoms with Crippen molar-refractivity contribution >= 4 is 0 Å². The van der Waals surface area contributed by atoms with Gasteiger partial charge in [-0.25, -0.2) is 0 Å². The second kappa shape index (κ2) is 2.17. The molecule has 2 aliphatic carbocycles. The molecule has 0 heterocycles. The summed E-state index contributed by atoms with van der Waals surface area (Å²) in [5, 5.41) is 3.59. The van der Waals surface area contributed by atoms with Crippen molar-refractivity contribution in [3.05, 3.63) is 10.4 Å². The van der Waals surface area contributed by atoms with Crippen LogP contribution in [0, 0.1) is 17.8 Å². The molecule has 0 aromatic carbocycles. The van der Waals surface area contributed by atoms with Crippen molar-refractivity contribution in [2.24, 2.45) is 22.9 Å². The number of nitrogens with zero attached hydrogens (tertiary/aromatic N) is 3. The van der Waals surface area contributed by atoms with Crippen molar-refractivity contribution in [3.8, 4) is 0 Å². The molecule has 54 valence electrons. The van der Waals surface area contributed by atoms with Crippen molar-refractivity contribution < 1.29 is 0 Å². The summed E-state index contributed by atoms with van der Waals surface area (Å²) in [5.41, 5.74) is 8.06. The molecule has 2 atom stereocenters. The van der Waals surface area contributed by atoms with E-state index in [2.05, 4.69) is 10.0 Å². The lowest BCUT2D eigenvalue weighted by Crippen LogP contribution is -1.99. The van der Waals surface area contributed by atoms with Gasteiger partial charge in [0.1, 0.15) is 0 Å². The van der Waals surface area contributed by atoms with E-state index in [1.165, 1.54) is 19.3 Å². The van der Waals surface area contributed by atoms with E-state index >= 15 is 0 Å².